The lowest BCUT2D eigenvalue weighted by atomic mass is 10.1. The number of phenols is 1. The summed E-state index contributed by atoms with van der Waals surface area (Å²) in [7, 11) is 3.68. The molecular formula is C11H11I2NO2S2. The third kappa shape index (κ3) is 4.49. The predicted molar refractivity (Wildman–Crippen MR) is 96.6 cm³/mol. The minimum Gasteiger partial charge on any atom is -0.506 e. The van der Waals surface area contributed by atoms with Crippen LogP contribution in [0.15, 0.2) is 12.1 Å². The van der Waals surface area contributed by atoms with E-state index < -0.39 is 0 Å². The molecule has 1 N–H and O–H groups in total. The van der Waals surface area contributed by atoms with Gasteiger partial charge in [-0.2, -0.15) is 0 Å². The molecule has 1 rings (SSSR count). The Morgan fingerprint density at radius 2 is 2.06 bits per heavy atom. The standard InChI is InChI=1S/C11H11I2NO2S2/c1-14(2)11(17)18-5-9(15)7-3-6(12)4-8(13)10(7)16/h3-4,16H,5H2,1-2H3. The number of thioether (sulfide) groups is 1. The molecule has 1 aromatic carbocycles. The first-order valence-corrected chi connectivity index (χ1v) is 8.43. The number of benzene rings is 1. The Bertz CT molecular complexity index is 492. The van der Waals surface area contributed by atoms with E-state index in [1.807, 2.05) is 42.8 Å². The second-order valence-electron chi connectivity index (χ2n) is 3.66. The van der Waals surface area contributed by atoms with Crippen molar-refractivity contribution in [2.24, 2.45) is 0 Å². The number of Topliss-reactive ketones (excluding diaryl/α,β-unsaturated/α-hetero) is 1. The van der Waals surface area contributed by atoms with E-state index in [0.29, 0.717) is 13.5 Å². The average molecular weight is 507 g/mol. The van der Waals surface area contributed by atoms with Gasteiger partial charge in [-0.3, -0.25) is 4.79 Å². The van der Waals surface area contributed by atoms with Gasteiger partial charge in [-0.25, -0.2) is 0 Å². The van der Waals surface area contributed by atoms with Crippen LogP contribution in [0.4, 0.5) is 0 Å². The van der Waals surface area contributed by atoms with Crippen molar-refractivity contribution in [2.75, 3.05) is 19.8 Å². The first-order chi connectivity index (χ1) is 8.32. The van der Waals surface area contributed by atoms with E-state index in [2.05, 4.69) is 22.6 Å². The number of hydrogen-bond acceptors (Lipinski definition) is 4. The highest BCUT2D eigenvalue weighted by atomic mass is 127. The highest BCUT2D eigenvalue weighted by Gasteiger charge is 2.16. The molecule has 0 saturated heterocycles. The van der Waals surface area contributed by atoms with Gasteiger partial charge in [0.2, 0.25) is 0 Å². The molecule has 0 amide bonds. The summed E-state index contributed by atoms with van der Waals surface area (Å²) in [5.41, 5.74) is 0.361. The first-order valence-electron chi connectivity index (χ1n) is 4.88. The average Bonchev–Trinajstić information content (AvgIpc) is 2.29. The molecule has 0 spiro atoms. The first kappa shape index (κ1) is 16.4. The summed E-state index contributed by atoms with van der Waals surface area (Å²) in [6.07, 6.45) is 0. The van der Waals surface area contributed by atoms with Gasteiger partial charge in [-0.15, -0.1) is 0 Å². The van der Waals surface area contributed by atoms with E-state index in [-0.39, 0.29) is 17.3 Å². The predicted octanol–water partition coefficient (Wildman–Crippen LogP) is 3.36. The van der Waals surface area contributed by atoms with E-state index in [1.54, 1.807) is 11.0 Å². The third-order valence-corrected chi connectivity index (χ3v) is 5.20. The highest BCUT2D eigenvalue weighted by Crippen LogP contribution is 2.28. The van der Waals surface area contributed by atoms with Gasteiger partial charge < -0.3 is 10.0 Å². The number of carbonyl (C=O) groups is 1. The number of carbonyl (C=O) groups excluding carboxylic acids is 1. The van der Waals surface area contributed by atoms with Gasteiger partial charge >= 0.3 is 0 Å². The Hall–Kier alpha value is 0.390. The molecule has 0 bridgehead atoms. The molecule has 3 nitrogen and oxygen atoms in total. The molecular weight excluding hydrogens is 496 g/mol. The number of thiocarbonyl (C=S) groups is 1. The normalized spacial score (nSPS) is 10.2. The van der Waals surface area contributed by atoms with Crippen LogP contribution in [0.5, 0.6) is 5.75 Å². The van der Waals surface area contributed by atoms with Crippen LogP contribution in [0.3, 0.4) is 0 Å². The summed E-state index contributed by atoms with van der Waals surface area (Å²) in [5, 5.41) is 9.88. The fraction of sp³-hybridized carbons (Fsp3) is 0.273. The number of ketones is 1. The van der Waals surface area contributed by atoms with Crippen LogP contribution in [0.1, 0.15) is 10.4 Å². The van der Waals surface area contributed by atoms with Gasteiger partial charge in [0.25, 0.3) is 0 Å². The van der Waals surface area contributed by atoms with Crippen molar-refractivity contribution < 1.29 is 9.90 Å². The molecule has 0 unspecified atom stereocenters. The Balaban J connectivity index is 2.82. The van der Waals surface area contributed by atoms with Crippen LogP contribution in [-0.2, 0) is 0 Å². The minimum absolute atomic E-state index is 0.0531. The molecule has 0 radical (unpaired) electrons. The molecule has 18 heavy (non-hydrogen) atoms. The smallest absolute Gasteiger partial charge is 0.176 e. The molecule has 0 fully saturated rings. The van der Waals surface area contributed by atoms with Crippen LogP contribution in [0.25, 0.3) is 0 Å². The summed E-state index contributed by atoms with van der Waals surface area (Å²) >= 11 is 10.5. The van der Waals surface area contributed by atoms with Gasteiger partial charge in [0.15, 0.2) is 5.78 Å². The SMILES string of the molecule is CN(C)C(=S)SCC(=O)c1cc(I)cc(I)c1O. The van der Waals surface area contributed by atoms with Crippen molar-refractivity contribution in [3.05, 3.63) is 24.8 Å². The van der Waals surface area contributed by atoms with Crippen LogP contribution in [0.2, 0.25) is 0 Å². The van der Waals surface area contributed by atoms with Crippen molar-refractivity contribution in [2.45, 2.75) is 0 Å². The molecule has 7 heteroatoms. The summed E-state index contributed by atoms with van der Waals surface area (Å²) in [4.78, 5) is 13.8. The maximum absolute atomic E-state index is 12.0. The lowest BCUT2D eigenvalue weighted by Gasteiger charge is -2.12. The van der Waals surface area contributed by atoms with E-state index in [4.69, 9.17) is 12.2 Å². The van der Waals surface area contributed by atoms with Crippen molar-refractivity contribution in [3.8, 4) is 5.75 Å². The zero-order valence-electron chi connectivity index (χ0n) is 9.74. The molecule has 0 heterocycles. The van der Waals surface area contributed by atoms with E-state index in [0.717, 1.165) is 3.57 Å². The molecule has 0 aliphatic rings. The second-order valence-corrected chi connectivity index (χ2v) is 7.67. The fourth-order valence-electron chi connectivity index (χ4n) is 1.11. The quantitative estimate of drug-likeness (QED) is 0.387. The van der Waals surface area contributed by atoms with Crippen LogP contribution >= 0.6 is 69.2 Å². The number of hydrogen-bond donors (Lipinski definition) is 1. The maximum Gasteiger partial charge on any atom is 0.176 e. The maximum atomic E-state index is 12.0. The number of aromatic hydroxyl groups is 1. The van der Waals surface area contributed by atoms with Gasteiger partial charge in [-0.1, -0.05) is 24.0 Å². The monoisotopic (exact) mass is 507 g/mol. The van der Waals surface area contributed by atoms with Crippen LogP contribution in [-0.4, -0.2) is 40.0 Å². The van der Waals surface area contributed by atoms with Crippen molar-refractivity contribution >= 4 is 79.3 Å². The lowest BCUT2D eigenvalue weighted by Crippen LogP contribution is -2.18. The van der Waals surface area contributed by atoms with Gasteiger partial charge in [-0.05, 0) is 57.3 Å². The number of halogens is 2. The lowest BCUT2D eigenvalue weighted by molar-refractivity contribution is 0.102. The van der Waals surface area contributed by atoms with Crippen molar-refractivity contribution in [1.82, 2.24) is 4.90 Å². The summed E-state index contributed by atoms with van der Waals surface area (Å²) in [6, 6.07) is 3.52. The zero-order chi connectivity index (χ0) is 13.9. The fourth-order valence-corrected chi connectivity index (χ4v) is 3.80. The molecule has 0 aliphatic heterocycles. The molecule has 0 saturated carbocycles. The van der Waals surface area contributed by atoms with E-state index in [9.17, 15) is 9.90 Å². The molecule has 98 valence electrons. The van der Waals surface area contributed by atoms with Gasteiger partial charge in [0.1, 0.15) is 10.1 Å². The van der Waals surface area contributed by atoms with Crippen LogP contribution < -0.4 is 0 Å². The number of rotatable bonds is 3. The Kier molecular flexibility index (Phi) is 6.62. The second kappa shape index (κ2) is 7.25. The topological polar surface area (TPSA) is 40.5 Å². The zero-order valence-corrected chi connectivity index (χ0v) is 15.7. The van der Waals surface area contributed by atoms with Gasteiger partial charge in [0.05, 0.1) is 14.9 Å². The Morgan fingerprint density at radius 3 is 2.61 bits per heavy atom. The highest BCUT2D eigenvalue weighted by molar-refractivity contribution is 14.1. The van der Waals surface area contributed by atoms with E-state index in [1.165, 1.54) is 11.8 Å². The summed E-state index contributed by atoms with van der Waals surface area (Å²) < 4.78 is 2.27. The largest absolute Gasteiger partial charge is 0.506 e. The molecule has 0 atom stereocenters. The number of phenolic OH excluding ortho intramolecular Hbond substituents is 1. The van der Waals surface area contributed by atoms with Crippen molar-refractivity contribution in [1.29, 1.82) is 0 Å². The Morgan fingerprint density at radius 1 is 1.44 bits per heavy atom. The van der Waals surface area contributed by atoms with Gasteiger partial charge in [0, 0.05) is 17.7 Å². The minimum atomic E-state index is -0.113. The molecule has 0 aliphatic carbocycles. The van der Waals surface area contributed by atoms with Crippen LogP contribution in [0, 0.1) is 7.14 Å². The molecule has 0 aromatic heterocycles. The van der Waals surface area contributed by atoms with Crippen molar-refractivity contribution in [3.63, 3.8) is 0 Å². The third-order valence-electron chi connectivity index (χ3n) is 2.02. The summed E-state index contributed by atoms with van der Waals surface area (Å²) in [6.45, 7) is 0. The Labute approximate surface area is 143 Å². The summed E-state index contributed by atoms with van der Waals surface area (Å²) in [5.74, 6) is 0.177. The molecule has 1 aromatic rings. The van der Waals surface area contributed by atoms with E-state index >= 15 is 0 Å². The number of nitrogens with zero attached hydrogens (tertiary/aromatic N) is 1.